The lowest BCUT2D eigenvalue weighted by molar-refractivity contribution is 0.0651. The second-order valence-corrected chi connectivity index (χ2v) is 7.03. The Morgan fingerprint density at radius 2 is 1.93 bits per heavy atom. The first-order valence-corrected chi connectivity index (χ1v) is 9.54. The monoisotopic (exact) mass is 386 g/mol. The number of benzene rings is 2. The minimum Gasteiger partial charge on any atom is -0.467 e. The molecule has 0 bridgehead atoms. The first-order chi connectivity index (χ1) is 14.2. The molecular weight excluding hydrogens is 364 g/mol. The molecule has 1 amide bonds. The van der Waals surface area contributed by atoms with Crippen molar-refractivity contribution in [2.45, 2.75) is 19.1 Å². The van der Waals surface area contributed by atoms with Gasteiger partial charge in [0.05, 0.1) is 30.9 Å². The fourth-order valence-electron chi connectivity index (χ4n) is 3.55. The Morgan fingerprint density at radius 1 is 1.14 bits per heavy atom. The third-order valence-electron chi connectivity index (χ3n) is 5.14. The van der Waals surface area contributed by atoms with E-state index >= 15 is 0 Å². The van der Waals surface area contributed by atoms with E-state index in [1.807, 2.05) is 72.6 Å². The summed E-state index contributed by atoms with van der Waals surface area (Å²) in [6.07, 6.45) is 1.79. The molecule has 0 saturated heterocycles. The van der Waals surface area contributed by atoms with Gasteiger partial charge in [0.25, 0.3) is 5.91 Å². The number of para-hydroxylation sites is 1. The van der Waals surface area contributed by atoms with Gasteiger partial charge in [0.2, 0.25) is 0 Å². The first-order valence-electron chi connectivity index (χ1n) is 9.54. The van der Waals surface area contributed by atoms with Gasteiger partial charge in [-0.3, -0.25) is 4.79 Å². The molecule has 6 heteroatoms. The van der Waals surface area contributed by atoms with Crippen LogP contribution in [0.3, 0.4) is 0 Å². The van der Waals surface area contributed by atoms with Gasteiger partial charge in [-0.05, 0) is 42.0 Å². The Hall–Kier alpha value is -3.72. The van der Waals surface area contributed by atoms with Crippen molar-refractivity contribution >= 4 is 17.3 Å². The van der Waals surface area contributed by atoms with Crippen LogP contribution in [0, 0.1) is 11.3 Å². The Kier molecular flexibility index (Phi) is 5.21. The third-order valence-corrected chi connectivity index (χ3v) is 5.14. The highest BCUT2D eigenvalue weighted by molar-refractivity contribution is 6.01. The molecule has 0 fully saturated rings. The molecule has 2 heterocycles. The van der Waals surface area contributed by atoms with Gasteiger partial charge in [-0.1, -0.05) is 24.3 Å². The van der Waals surface area contributed by atoms with E-state index in [4.69, 9.17) is 9.68 Å². The minimum absolute atomic E-state index is 0.0315. The van der Waals surface area contributed by atoms with E-state index in [0.29, 0.717) is 25.1 Å². The highest BCUT2D eigenvalue weighted by Gasteiger charge is 2.33. The van der Waals surface area contributed by atoms with Crippen molar-refractivity contribution < 1.29 is 9.21 Å². The predicted octanol–water partition coefficient (Wildman–Crippen LogP) is 4.40. The number of fused-ring (bicyclic) bond motifs is 1. The van der Waals surface area contributed by atoms with Gasteiger partial charge >= 0.3 is 0 Å². The lowest BCUT2D eigenvalue weighted by Gasteiger charge is -2.38. The Balaban J connectivity index is 1.64. The van der Waals surface area contributed by atoms with Gasteiger partial charge < -0.3 is 19.5 Å². The summed E-state index contributed by atoms with van der Waals surface area (Å²) in [7, 11) is 1.97. The molecule has 1 unspecified atom stereocenters. The van der Waals surface area contributed by atoms with Gasteiger partial charge in [-0.25, -0.2) is 0 Å². The molecule has 1 aromatic heterocycles. The molecule has 1 aliphatic heterocycles. The average molecular weight is 386 g/mol. The van der Waals surface area contributed by atoms with E-state index in [1.165, 1.54) is 0 Å². The van der Waals surface area contributed by atoms with Crippen LogP contribution in [0.2, 0.25) is 0 Å². The zero-order chi connectivity index (χ0) is 20.2. The molecular formula is C23H22N4O2. The van der Waals surface area contributed by atoms with Gasteiger partial charge in [0.15, 0.2) is 0 Å². The van der Waals surface area contributed by atoms with Crippen LogP contribution in [0.25, 0.3) is 0 Å². The second-order valence-electron chi connectivity index (χ2n) is 7.03. The second kappa shape index (κ2) is 8.11. The van der Waals surface area contributed by atoms with E-state index in [2.05, 4.69) is 11.4 Å². The van der Waals surface area contributed by atoms with Gasteiger partial charge in [-0.2, -0.15) is 5.26 Å². The normalized spacial score (nSPS) is 15.4. The van der Waals surface area contributed by atoms with Crippen LogP contribution in [0.5, 0.6) is 0 Å². The number of furan rings is 1. The average Bonchev–Trinajstić information content (AvgIpc) is 3.27. The third kappa shape index (κ3) is 3.81. The zero-order valence-electron chi connectivity index (χ0n) is 16.2. The molecule has 4 rings (SSSR count). The van der Waals surface area contributed by atoms with Gasteiger partial charge in [-0.15, -0.1) is 0 Å². The molecule has 0 radical (unpaired) electrons. The lowest BCUT2D eigenvalue weighted by Crippen LogP contribution is -2.42. The zero-order valence-corrected chi connectivity index (χ0v) is 16.2. The van der Waals surface area contributed by atoms with Crippen molar-refractivity contribution in [3.63, 3.8) is 0 Å². The van der Waals surface area contributed by atoms with Crippen molar-refractivity contribution in [1.29, 1.82) is 5.26 Å². The standard InChI is InChI=1S/C23H22N4O2/c1-26(14-5-13-24)18-11-9-17(10-12-18)22-25-21-8-3-2-7-20(21)23(28)27(22)16-19-6-4-15-29-19/h2-4,6-12,15,22,25H,5,14,16H2,1H3. The quantitative estimate of drug-likeness (QED) is 0.680. The van der Waals surface area contributed by atoms with E-state index in [0.717, 1.165) is 22.7 Å². The number of carbonyl (C=O) groups excluding carboxylic acids is 1. The number of nitriles is 1. The van der Waals surface area contributed by atoms with E-state index in [-0.39, 0.29) is 12.1 Å². The van der Waals surface area contributed by atoms with E-state index < -0.39 is 0 Å². The number of hydrogen-bond acceptors (Lipinski definition) is 5. The maximum Gasteiger partial charge on any atom is 0.258 e. The fraction of sp³-hybridized carbons (Fsp3) is 0.217. The summed E-state index contributed by atoms with van der Waals surface area (Å²) in [6, 6.07) is 21.5. The molecule has 2 aromatic carbocycles. The van der Waals surface area contributed by atoms with Crippen LogP contribution in [-0.4, -0.2) is 24.4 Å². The molecule has 1 atom stereocenters. The van der Waals surface area contributed by atoms with Crippen LogP contribution in [0.15, 0.2) is 71.3 Å². The summed E-state index contributed by atoms with van der Waals surface area (Å²) < 4.78 is 5.49. The van der Waals surface area contributed by atoms with E-state index in [9.17, 15) is 4.79 Å². The molecule has 29 heavy (non-hydrogen) atoms. The Morgan fingerprint density at radius 3 is 2.66 bits per heavy atom. The van der Waals surface area contributed by atoms with E-state index in [1.54, 1.807) is 11.2 Å². The number of rotatable bonds is 6. The maximum absolute atomic E-state index is 13.2. The summed E-state index contributed by atoms with van der Waals surface area (Å²) in [4.78, 5) is 17.1. The minimum atomic E-state index is -0.305. The Labute approximate surface area is 170 Å². The molecule has 1 N–H and O–H groups in total. The fourth-order valence-corrected chi connectivity index (χ4v) is 3.55. The first kappa shape index (κ1) is 18.6. The Bertz CT molecular complexity index is 1020. The lowest BCUT2D eigenvalue weighted by atomic mass is 10.0. The summed E-state index contributed by atoms with van der Waals surface area (Å²) >= 11 is 0. The van der Waals surface area contributed by atoms with Crippen LogP contribution in [0.1, 0.15) is 34.3 Å². The number of carbonyl (C=O) groups is 1. The number of nitrogens with one attached hydrogen (secondary N) is 1. The van der Waals surface area contributed by atoms with Crippen molar-refractivity contribution in [2.24, 2.45) is 0 Å². The van der Waals surface area contributed by atoms with Crippen LogP contribution >= 0.6 is 0 Å². The maximum atomic E-state index is 13.2. The molecule has 6 nitrogen and oxygen atoms in total. The molecule has 0 aliphatic carbocycles. The molecule has 1 aliphatic rings. The van der Waals surface area contributed by atoms with Crippen molar-refractivity contribution in [1.82, 2.24) is 4.90 Å². The number of amides is 1. The summed E-state index contributed by atoms with van der Waals surface area (Å²) in [5.74, 6) is 0.702. The van der Waals surface area contributed by atoms with Crippen molar-refractivity contribution in [3.8, 4) is 6.07 Å². The van der Waals surface area contributed by atoms with Crippen LogP contribution < -0.4 is 10.2 Å². The molecule has 146 valence electrons. The van der Waals surface area contributed by atoms with Crippen molar-refractivity contribution in [3.05, 3.63) is 83.8 Å². The SMILES string of the molecule is CN(CCC#N)c1ccc(C2Nc3ccccc3C(=O)N2Cc2ccco2)cc1. The largest absolute Gasteiger partial charge is 0.467 e. The van der Waals surface area contributed by atoms with Crippen molar-refractivity contribution in [2.75, 3.05) is 23.8 Å². The summed E-state index contributed by atoms with van der Waals surface area (Å²) in [6.45, 7) is 1.05. The molecule has 0 spiro atoms. The van der Waals surface area contributed by atoms with Gasteiger partial charge in [0.1, 0.15) is 11.9 Å². The van der Waals surface area contributed by atoms with Crippen LogP contribution in [-0.2, 0) is 6.54 Å². The predicted molar refractivity (Wildman–Crippen MR) is 111 cm³/mol. The number of nitrogens with zero attached hydrogens (tertiary/aromatic N) is 3. The molecule has 3 aromatic rings. The smallest absolute Gasteiger partial charge is 0.258 e. The highest BCUT2D eigenvalue weighted by atomic mass is 16.3. The van der Waals surface area contributed by atoms with Crippen LogP contribution in [0.4, 0.5) is 11.4 Å². The van der Waals surface area contributed by atoms with Gasteiger partial charge in [0, 0.05) is 25.0 Å². The molecule has 0 saturated carbocycles. The highest BCUT2D eigenvalue weighted by Crippen LogP contribution is 2.34. The topological polar surface area (TPSA) is 72.5 Å². The summed E-state index contributed by atoms with van der Waals surface area (Å²) in [5.41, 5.74) is 3.50. The number of anilines is 2. The number of hydrogen-bond donors (Lipinski definition) is 1. The summed E-state index contributed by atoms with van der Waals surface area (Å²) in [5, 5.41) is 12.3.